The van der Waals surface area contributed by atoms with E-state index in [2.05, 4.69) is 29.4 Å². The first-order valence-electron chi connectivity index (χ1n) is 11.3. The van der Waals surface area contributed by atoms with Crippen LogP contribution in [0.5, 0.6) is 11.5 Å². The Morgan fingerprint density at radius 3 is 2.71 bits per heavy atom. The summed E-state index contributed by atoms with van der Waals surface area (Å²) in [5, 5.41) is 3.47. The van der Waals surface area contributed by atoms with E-state index in [4.69, 9.17) is 9.47 Å². The van der Waals surface area contributed by atoms with Crippen LogP contribution in [0.4, 0.5) is 5.82 Å². The number of amides is 1. The third-order valence-corrected chi connectivity index (χ3v) is 7.05. The summed E-state index contributed by atoms with van der Waals surface area (Å²) in [6.07, 6.45) is 1.05. The quantitative estimate of drug-likeness (QED) is 0.374. The van der Waals surface area contributed by atoms with E-state index in [1.165, 1.54) is 22.9 Å². The van der Waals surface area contributed by atoms with E-state index in [0.717, 1.165) is 12.0 Å². The second kappa shape index (κ2) is 10.3. The molecule has 2 aromatic carbocycles. The van der Waals surface area contributed by atoms with Crippen LogP contribution in [0.15, 0.2) is 52.4 Å². The molecule has 0 radical (unpaired) electrons. The molecule has 1 aromatic heterocycles. The van der Waals surface area contributed by atoms with E-state index < -0.39 is 5.92 Å². The molecule has 0 bridgehead atoms. The number of benzene rings is 2. The number of nitrogens with zero attached hydrogens (tertiary/aromatic N) is 2. The minimum atomic E-state index is -0.417. The summed E-state index contributed by atoms with van der Waals surface area (Å²) in [5.74, 6) is 1.84. The summed E-state index contributed by atoms with van der Waals surface area (Å²) >= 11 is 1.48. The van der Waals surface area contributed by atoms with Crippen molar-refractivity contribution in [1.29, 1.82) is 0 Å². The summed E-state index contributed by atoms with van der Waals surface area (Å²) in [6, 6.07) is 13.7. The molecule has 0 saturated carbocycles. The molecule has 178 valence electrons. The zero-order chi connectivity index (χ0) is 24.2. The number of fused-ring (bicyclic) bond motifs is 1. The number of carbonyl (C=O) groups is 1. The van der Waals surface area contributed by atoms with Crippen molar-refractivity contribution in [3.05, 3.63) is 75.1 Å². The molecule has 34 heavy (non-hydrogen) atoms. The molecule has 3 aromatic rings. The van der Waals surface area contributed by atoms with E-state index in [0.29, 0.717) is 40.4 Å². The lowest BCUT2D eigenvalue weighted by molar-refractivity contribution is -0.116. The first kappa shape index (κ1) is 23.9. The second-order valence-corrected chi connectivity index (χ2v) is 9.24. The predicted octanol–water partition coefficient (Wildman–Crippen LogP) is 4.65. The number of methoxy groups -OCH3 is 1. The number of hydrogen-bond donors (Lipinski definition) is 1. The third kappa shape index (κ3) is 4.82. The number of carbonyl (C=O) groups excluding carboxylic acids is 1. The summed E-state index contributed by atoms with van der Waals surface area (Å²) in [7, 11) is 3.41. The molecule has 1 unspecified atom stereocenters. The Hall–Kier alpha value is -3.26. The Bertz CT molecular complexity index is 1270. The van der Waals surface area contributed by atoms with E-state index >= 15 is 0 Å². The van der Waals surface area contributed by atoms with Gasteiger partial charge in [0.2, 0.25) is 5.91 Å². The number of nitrogens with one attached hydrogen (secondary N) is 1. The predicted molar refractivity (Wildman–Crippen MR) is 134 cm³/mol. The van der Waals surface area contributed by atoms with Gasteiger partial charge in [0.1, 0.15) is 5.82 Å². The molecule has 0 saturated heterocycles. The van der Waals surface area contributed by atoms with E-state index in [9.17, 15) is 9.59 Å². The fourth-order valence-corrected chi connectivity index (χ4v) is 5.14. The third-order valence-electron chi connectivity index (χ3n) is 5.97. The van der Waals surface area contributed by atoms with Gasteiger partial charge >= 0.3 is 0 Å². The van der Waals surface area contributed by atoms with Gasteiger partial charge in [0.05, 0.1) is 19.3 Å². The van der Waals surface area contributed by atoms with Gasteiger partial charge in [-0.15, -0.1) is 0 Å². The molecule has 0 aliphatic carbocycles. The highest BCUT2D eigenvalue weighted by Crippen LogP contribution is 2.39. The van der Waals surface area contributed by atoms with E-state index in [1.807, 2.05) is 44.3 Å². The van der Waals surface area contributed by atoms with Crippen LogP contribution in [-0.2, 0) is 17.6 Å². The van der Waals surface area contributed by atoms with Crippen LogP contribution in [0, 0.1) is 6.92 Å². The first-order chi connectivity index (χ1) is 16.4. The van der Waals surface area contributed by atoms with Crippen molar-refractivity contribution >= 4 is 23.5 Å². The summed E-state index contributed by atoms with van der Waals surface area (Å²) in [5.41, 5.74) is 3.35. The minimum absolute atomic E-state index is 0.140. The highest BCUT2D eigenvalue weighted by atomic mass is 32.2. The second-order valence-electron chi connectivity index (χ2n) is 8.30. The van der Waals surface area contributed by atoms with Gasteiger partial charge in [-0.2, -0.15) is 4.98 Å². The van der Waals surface area contributed by atoms with Gasteiger partial charge in [-0.25, -0.2) is 0 Å². The van der Waals surface area contributed by atoms with Crippen molar-refractivity contribution in [2.45, 2.75) is 43.5 Å². The normalized spacial score (nSPS) is 14.9. The molecule has 1 amide bonds. The molecule has 2 heterocycles. The fourth-order valence-electron chi connectivity index (χ4n) is 4.10. The van der Waals surface area contributed by atoms with Gasteiger partial charge in [0.25, 0.3) is 5.56 Å². The standard InChI is InChI=1S/C26H29N3O4S/c1-5-12-33-20-11-10-17(13-21(20)32-4)19-14-22(30)27-24-23(19)25(31)28-26(29(24)3)34-15-18-9-7-6-8-16(18)2/h6-11,13,19H,5,12,14-15H2,1-4H3,(H,27,30). The number of thioether (sulfide) groups is 1. The van der Waals surface area contributed by atoms with Crippen molar-refractivity contribution < 1.29 is 14.3 Å². The Labute approximate surface area is 203 Å². The Kier molecular flexibility index (Phi) is 7.26. The lowest BCUT2D eigenvalue weighted by Crippen LogP contribution is -2.33. The molecule has 1 aliphatic heterocycles. The number of hydrogen-bond acceptors (Lipinski definition) is 6. The van der Waals surface area contributed by atoms with Crippen molar-refractivity contribution in [1.82, 2.24) is 9.55 Å². The first-order valence-corrected chi connectivity index (χ1v) is 12.3. The maximum Gasteiger partial charge on any atom is 0.279 e. The van der Waals surface area contributed by atoms with E-state index in [1.54, 1.807) is 11.7 Å². The molecule has 0 fully saturated rings. The Morgan fingerprint density at radius 2 is 1.97 bits per heavy atom. The van der Waals surface area contributed by atoms with Gasteiger partial charge in [0.15, 0.2) is 16.7 Å². The number of aryl methyl sites for hydroxylation is 1. The maximum atomic E-state index is 13.2. The zero-order valence-electron chi connectivity index (χ0n) is 19.9. The van der Waals surface area contributed by atoms with Gasteiger partial charge in [-0.3, -0.25) is 9.59 Å². The summed E-state index contributed by atoms with van der Waals surface area (Å²) in [6.45, 7) is 4.68. The average Bonchev–Trinajstić information content (AvgIpc) is 2.84. The molecular formula is C26H29N3O4S. The Balaban J connectivity index is 1.70. The topological polar surface area (TPSA) is 82.5 Å². The van der Waals surface area contributed by atoms with Crippen LogP contribution in [0.1, 0.15) is 47.9 Å². The highest BCUT2D eigenvalue weighted by molar-refractivity contribution is 7.98. The van der Waals surface area contributed by atoms with Crippen molar-refractivity contribution in [2.24, 2.45) is 7.05 Å². The molecule has 4 rings (SSSR count). The maximum absolute atomic E-state index is 13.2. The molecule has 8 heteroatoms. The van der Waals surface area contributed by atoms with Gasteiger partial charge in [0, 0.05) is 25.1 Å². The lowest BCUT2D eigenvalue weighted by Gasteiger charge is -2.28. The zero-order valence-corrected chi connectivity index (χ0v) is 20.7. The minimum Gasteiger partial charge on any atom is -0.493 e. The van der Waals surface area contributed by atoms with Crippen molar-refractivity contribution in [2.75, 3.05) is 19.0 Å². The molecular weight excluding hydrogens is 450 g/mol. The van der Waals surface area contributed by atoms with Crippen molar-refractivity contribution in [3.63, 3.8) is 0 Å². The van der Waals surface area contributed by atoms with Crippen LogP contribution in [0.3, 0.4) is 0 Å². The van der Waals surface area contributed by atoms with Crippen molar-refractivity contribution in [3.8, 4) is 11.5 Å². The smallest absolute Gasteiger partial charge is 0.279 e. The molecule has 1 N–H and O–H groups in total. The van der Waals surface area contributed by atoms with Crippen LogP contribution in [0.25, 0.3) is 0 Å². The van der Waals surface area contributed by atoms with Gasteiger partial charge in [-0.05, 0) is 42.2 Å². The summed E-state index contributed by atoms with van der Waals surface area (Å²) in [4.78, 5) is 30.3. The SMILES string of the molecule is CCCOc1ccc(C2CC(=O)Nc3c2c(=O)nc(SCc2ccccc2C)n3C)cc1OC. The molecule has 1 atom stereocenters. The molecule has 1 aliphatic rings. The van der Waals surface area contributed by atoms with Gasteiger partial charge < -0.3 is 19.4 Å². The average molecular weight is 480 g/mol. The highest BCUT2D eigenvalue weighted by Gasteiger charge is 2.32. The van der Waals surface area contributed by atoms with Gasteiger partial charge in [-0.1, -0.05) is 49.0 Å². The Morgan fingerprint density at radius 1 is 1.18 bits per heavy atom. The van der Waals surface area contributed by atoms with E-state index in [-0.39, 0.29) is 17.9 Å². The summed E-state index contributed by atoms with van der Waals surface area (Å²) < 4.78 is 13.1. The van der Waals surface area contributed by atoms with Crippen LogP contribution >= 0.6 is 11.8 Å². The largest absolute Gasteiger partial charge is 0.493 e. The number of anilines is 1. The van der Waals surface area contributed by atoms with Crippen LogP contribution in [0.2, 0.25) is 0 Å². The van der Waals surface area contributed by atoms with Crippen LogP contribution < -0.4 is 20.3 Å². The fraction of sp³-hybridized carbons (Fsp3) is 0.346. The molecule has 7 nitrogen and oxygen atoms in total. The number of ether oxygens (including phenoxy) is 2. The number of aromatic nitrogens is 2. The van der Waals surface area contributed by atoms with Crippen LogP contribution in [-0.4, -0.2) is 29.2 Å². The molecule has 0 spiro atoms. The lowest BCUT2D eigenvalue weighted by atomic mass is 9.86. The number of rotatable bonds is 8. The monoisotopic (exact) mass is 479 g/mol.